The highest BCUT2D eigenvalue weighted by Crippen LogP contribution is 2.16. The highest BCUT2D eigenvalue weighted by Gasteiger charge is 2.26. The lowest BCUT2D eigenvalue weighted by Gasteiger charge is -2.23. The second-order valence-electron chi connectivity index (χ2n) is 2.24. The van der Waals surface area contributed by atoms with Crippen LogP contribution in [0.25, 0.3) is 0 Å². The average Bonchev–Trinajstić information content (AvgIpc) is 2.22. The second kappa shape index (κ2) is 7.35. The van der Waals surface area contributed by atoms with E-state index in [9.17, 15) is 0 Å². The summed E-state index contributed by atoms with van der Waals surface area (Å²) in [5.74, 6) is -1.27. The molecule has 0 rings (SSSR count). The van der Waals surface area contributed by atoms with Crippen molar-refractivity contribution in [1.29, 1.82) is 0 Å². The standard InChI is InChI=1S/C10H13NO2S/c1-4-7-12-10(6-3,11-9-14)13-8-5-2/h4-6H,1-3,7-8H2. The monoisotopic (exact) mass is 211 g/mol. The third-order valence-electron chi connectivity index (χ3n) is 1.28. The van der Waals surface area contributed by atoms with Gasteiger partial charge in [0.2, 0.25) is 0 Å². The SMILES string of the molecule is C=CCOC(C=C)(N=C=S)OCC=C. The molecule has 0 saturated heterocycles. The predicted molar refractivity (Wildman–Crippen MR) is 60.3 cm³/mol. The van der Waals surface area contributed by atoms with E-state index in [2.05, 4.69) is 42.1 Å². The molecule has 0 aliphatic rings. The molecule has 0 amide bonds. The summed E-state index contributed by atoms with van der Waals surface area (Å²) in [6.45, 7) is 11.2. The van der Waals surface area contributed by atoms with Crippen LogP contribution in [0, 0.1) is 0 Å². The maximum atomic E-state index is 5.27. The van der Waals surface area contributed by atoms with Gasteiger partial charge in [-0.25, -0.2) is 0 Å². The normalized spacial score (nSPS) is 10.0. The summed E-state index contributed by atoms with van der Waals surface area (Å²) >= 11 is 4.49. The molecule has 0 aliphatic heterocycles. The molecule has 0 fully saturated rings. The van der Waals surface area contributed by atoms with E-state index >= 15 is 0 Å². The van der Waals surface area contributed by atoms with Gasteiger partial charge in [-0.15, -0.1) is 13.2 Å². The van der Waals surface area contributed by atoms with Gasteiger partial charge in [-0.1, -0.05) is 18.7 Å². The Bertz CT molecular complexity index is 245. The number of ether oxygens (including phenoxy) is 2. The molecule has 4 heteroatoms. The first-order chi connectivity index (χ1) is 6.74. The van der Waals surface area contributed by atoms with Crippen molar-refractivity contribution in [3.8, 4) is 0 Å². The average molecular weight is 211 g/mol. The molecular weight excluding hydrogens is 198 g/mol. The molecule has 0 unspecified atom stereocenters. The van der Waals surface area contributed by atoms with E-state index in [-0.39, 0.29) is 13.2 Å². The molecule has 0 aliphatic carbocycles. The summed E-state index contributed by atoms with van der Waals surface area (Å²) in [7, 11) is 0. The Hall–Kier alpha value is -1.06. The van der Waals surface area contributed by atoms with Gasteiger partial charge in [0.15, 0.2) is 0 Å². The summed E-state index contributed by atoms with van der Waals surface area (Å²) in [6, 6.07) is 0. The van der Waals surface area contributed by atoms with Gasteiger partial charge in [0.25, 0.3) is 5.91 Å². The fourth-order valence-electron chi connectivity index (χ4n) is 0.690. The quantitative estimate of drug-likeness (QED) is 0.267. The largest absolute Gasteiger partial charge is 0.323 e. The third kappa shape index (κ3) is 4.25. The fraction of sp³-hybridized carbons (Fsp3) is 0.300. The van der Waals surface area contributed by atoms with Gasteiger partial charge in [0.1, 0.15) is 0 Å². The van der Waals surface area contributed by atoms with Crippen LogP contribution >= 0.6 is 12.2 Å². The topological polar surface area (TPSA) is 30.8 Å². The van der Waals surface area contributed by atoms with Gasteiger partial charge in [0.05, 0.1) is 18.4 Å². The molecule has 0 radical (unpaired) electrons. The summed E-state index contributed by atoms with van der Waals surface area (Å²) in [6.07, 6.45) is 4.56. The molecule has 0 aromatic heterocycles. The van der Waals surface area contributed by atoms with Crippen molar-refractivity contribution < 1.29 is 9.47 Å². The Balaban J connectivity index is 4.56. The molecule has 0 aromatic carbocycles. The molecule has 0 atom stereocenters. The lowest BCUT2D eigenvalue weighted by Crippen LogP contribution is -2.31. The first-order valence-corrected chi connectivity index (χ1v) is 4.38. The van der Waals surface area contributed by atoms with Crippen molar-refractivity contribution in [2.75, 3.05) is 13.2 Å². The minimum Gasteiger partial charge on any atom is -0.323 e. The van der Waals surface area contributed by atoms with Crippen molar-refractivity contribution in [2.24, 2.45) is 4.99 Å². The van der Waals surface area contributed by atoms with Crippen LogP contribution in [0.4, 0.5) is 0 Å². The van der Waals surface area contributed by atoms with E-state index in [4.69, 9.17) is 9.47 Å². The van der Waals surface area contributed by atoms with Crippen LogP contribution in [0.5, 0.6) is 0 Å². The highest BCUT2D eigenvalue weighted by molar-refractivity contribution is 7.78. The second-order valence-corrected chi connectivity index (χ2v) is 2.42. The highest BCUT2D eigenvalue weighted by atomic mass is 32.1. The maximum absolute atomic E-state index is 5.27. The van der Waals surface area contributed by atoms with Crippen molar-refractivity contribution >= 4 is 17.4 Å². The Labute approximate surface area is 89.4 Å². The molecule has 0 bridgehead atoms. The van der Waals surface area contributed by atoms with Crippen LogP contribution in [-0.2, 0) is 9.47 Å². The Morgan fingerprint density at radius 3 is 2.00 bits per heavy atom. The molecule has 0 aromatic rings. The summed E-state index contributed by atoms with van der Waals surface area (Å²) in [4.78, 5) is 3.76. The van der Waals surface area contributed by atoms with Crippen LogP contribution in [0.3, 0.4) is 0 Å². The van der Waals surface area contributed by atoms with Gasteiger partial charge < -0.3 is 9.47 Å². The van der Waals surface area contributed by atoms with Gasteiger partial charge in [-0.3, -0.25) is 0 Å². The number of rotatable bonds is 8. The number of isothiocyanates is 1. The van der Waals surface area contributed by atoms with Crippen molar-refractivity contribution in [2.45, 2.75) is 5.91 Å². The van der Waals surface area contributed by atoms with Gasteiger partial charge in [0, 0.05) is 0 Å². The van der Waals surface area contributed by atoms with E-state index in [1.165, 1.54) is 6.08 Å². The summed E-state index contributed by atoms with van der Waals surface area (Å²) in [5, 5.41) is 2.20. The maximum Gasteiger partial charge on any atom is 0.299 e. The first kappa shape index (κ1) is 12.9. The fourth-order valence-corrected chi connectivity index (χ4v) is 0.817. The van der Waals surface area contributed by atoms with E-state index in [1.807, 2.05) is 0 Å². The first-order valence-electron chi connectivity index (χ1n) is 3.97. The third-order valence-corrected chi connectivity index (χ3v) is 1.37. The summed E-state index contributed by atoms with van der Waals surface area (Å²) in [5.41, 5.74) is 0. The molecule has 0 heterocycles. The Kier molecular flexibility index (Phi) is 6.80. The van der Waals surface area contributed by atoms with Crippen LogP contribution in [0.15, 0.2) is 43.0 Å². The lowest BCUT2D eigenvalue weighted by atomic mass is 10.4. The lowest BCUT2D eigenvalue weighted by molar-refractivity contribution is -0.184. The molecule has 0 spiro atoms. The zero-order valence-electron chi connectivity index (χ0n) is 7.94. The van der Waals surface area contributed by atoms with Gasteiger partial charge >= 0.3 is 0 Å². The minimum atomic E-state index is -1.27. The van der Waals surface area contributed by atoms with Gasteiger partial charge in [-0.05, 0) is 18.3 Å². The molecule has 3 nitrogen and oxygen atoms in total. The number of hydrogen-bond acceptors (Lipinski definition) is 4. The van der Waals surface area contributed by atoms with Crippen LogP contribution in [0.2, 0.25) is 0 Å². The van der Waals surface area contributed by atoms with E-state index in [0.717, 1.165) is 0 Å². The minimum absolute atomic E-state index is 0.281. The number of aliphatic imine (C=N–C) groups is 1. The van der Waals surface area contributed by atoms with E-state index in [0.29, 0.717) is 0 Å². The molecule has 76 valence electrons. The van der Waals surface area contributed by atoms with Crippen molar-refractivity contribution in [1.82, 2.24) is 0 Å². The van der Waals surface area contributed by atoms with Gasteiger partial charge in [-0.2, -0.15) is 4.99 Å². The van der Waals surface area contributed by atoms with Crippen LogP contribution in [-0.4, -0.2) is 24.3 Å². The number of nitrogens with zero attached hydrogens (tertiary/aromatic N) is 1. The van der Waals surface area contributed by atoms with E-state index in [1.54, 1.807) is 12.2 Å². The Morgan fingerprint density at radius 1 is 1.21 bits per heavy atom. The molecule has 0 N–H and O–H groups in total. The number of thiocarbonyl (C=S) groups is 1. The zero-order chi connectivity index (χ0) is 10.9. The smallest absolute Gasteiger partial charge is 0.299 e. The Morgan fingerprint density at radius 2 is 1.71 bits per heavy atom. The van der Waals surface area contributed by atoms with Crippen molar-refractivity contribution in [3.05, 3.63) is 38.0 Å². The van der Waals surface area contributed by atoms with E-state index < -0.39 is 5.91 Å². The van der Waals surface area contributed by atoms with Crippen LogP contribution < -0.4 is 0 Å². The number of hydrogen-bond donors (Lipinski definition) is 0. The van der Waals surface area contributed by atoms with Crippen molar-refractivity contribution in [3.63, 3.8) is 0 Å². The summed E-state index contributed by atoms with van der Waals surface area (Å²) < 4.78 is 10.5. The molecule has 14 heavy (non-hydrogen) atoms. The van der Waals surface area contributed by atoms with Crippen LogP contribution in [0.1, 0.15) is 0 Å². The zero-order valence-corrected chi connectivity index (χ0v) is 8.76. The molecule has 0 saturated carbocycles. The molecular formula is C10H13NO2S. The predicted octanol–water partition coefficient (Wildman–Crippen LogP) is 2.33.